The molecule has 0 aromatic heterocycles. The Labute approximate surface area is 668 Å². The second-order valence-corrected chi connectivity index (χ2v) is 41.4. The molecule has 24 heteroatoms. The van der Waals surface area contributed by atoms with E-state index in [1.807, 2.05) is 9.80 Å². The van der Waals surface area contributed by atoms with Crippen LogP contribution < -0.4 is 10.1 Å². The van der Waals surface area contributed by atoms with Crippen LogP contribution in [0.5, 0.6) is 5.75 Å². The molecule has 3 amide bonds. The van der Waals surface area contributed by atoms with Crippen molar-refractivity contribution in [2.24, 2.45) is 113 Å². The molecular weight excluding hydrogens is 1460 g/mol. The van der Waals surface area contributed by atoms with Crippen LogP contribution in [-0.4, -0.2) is 199 Å². The van der Waals surface area contributed by atoms with E-state index in [0.29, 0.717) is 105 Å². The van der Waals surface area contributed by atoms with Crippen molar-refractivity contribution in [1.82, 2.24) is 20.0 Å². The number of hydrogen-bond donors (Lipinski definition) is 3. The zero-order chi connectivity index (χ0) is 78.4. The number of likely N-dealkylation sites (tertiary alicyclic amines) is 1. The molecule has 12 aliphatic carbocycles. The molecule has 6 saturated heterocycles. The number of alkyl halides is 2. The molecule has 0 radical (unpaired) electrons. The number of nitrogens with zero attached hydrogens (tertiary/aromatic N) is 4. The van der Waals surface area contributed by atoms with Gasteiger partial charge in [-0.15, -0.1) is 23.2 Å². The molecule has 6 aliphatic heterocycles. The highest BCUT2D eigenvalue weighted by Gasteiger charge is 2.87. The van der Waals surface area contributed by atoms with Crippen molar-refractivity contribution in [3.05, 3.63) is 34.4 Å². The number of rotatable bonds is 14. The van der Waals surface area contributed by atoms with E-state index < -0.39 is 23.3 Å². The molecule has 12 saturated carbocycles. The third-order valence-corrected chi connectivity index (χ3v) is 35.2. The van der Waals surface area contributed by atoms with Gasteiger partial charge in [-0.2, -0.15) is 0 Å². The number of benzene rings is 1. The van der Waals surface area contributed by atoms with E-state index in [2.05, 4.69) is 74.6 Å². The van der Waals surface area contributed by atoms with Gasteiger partial charge < -0.3 is 72.9 Å². The van der Waals surface area contributed by atoms with Crippen LogP contribution in [0.3, 0.4) is 0 Å². The summed E-state index contributed by atoms with van der Waals surface area (Å²) in [4.78, 5) is 67.1. The summed E-state index contributed by atoms with van der Waals surface area (Å²) in [5, 5.41) is 39.3. The maximum atomic E-state index is 12.9. The first-order valence-corrected chi connectivity index (χ1v) is 44.6. The Morgan fingerprint density at radius 3 is 1.38 bits per heavy atom. The van der Waals surface area contributed by atoms with Gasteiger partial charge in [-0.1, -0.05) is 69.2 Å². The number of amides is 3. The number of aliphatic hydroxyl groups excluding tert-OH is 2. The molecule has 26 atom stereocenters. The van der Waals surface area contributed by atoms with E-state index >= 15 is 0 Å². The van der Waals surface area contributed by atoms with E-state index in [9.17, 15) is 39.5 Å². The highest BCUT2D eigenvalue weighted by atomic mass is 35.5. The van der Waals surface area contributed by atoms with Gasteiger partial charge in [0.05, 0.1) is 85.4 Å². The van der Waals surface area contributed by atoms with Gasteiger partial charge in [-0.05, 0) is 269 Å². The second-order valence-electron chi connectivity index (χ2n) is 40.6. The average molecular weight is 1590 g/mol. The van der Waals surface area contributed by atoms with Crippen LogP contribution in [0.4, 0.5) is 15.3 Å². The van der Waals surface area contributed by atoms with Gasteiger partial charge in [0.2, 0.25) is 11.8 Å². The van der Waals surface area contributed by atoms with E-state index in [4.69, 9.17) is 65.8 Å². The molecule has 620 valence electrons. The minimum atomic E-state index is -0.889. The van der Waals surface area contributed by atoms with E-state index in [-0.39, 0.29) is 158 Å². The van der Waals surface area contributed by atoms with Crippen molar-refractivity contribution in [2.75, 3.05) is 84.1 Å². The van der Waals surface area contributed by atoms with Gasteiger partial charge in [-0.25, -0.2) is 9.59 Å². The van der Waals surface area contributed by atoms with Crippen molar-refractivity contribution >= 4 is 53.0 Å². The van der Waals surface area contributed by atoms with Crippen LogP contribution in [0.2, 0.25) is 0 Å². The third-order valence-electron chi connectivity index (χ3n) is 35.2. The second kappa shape index (κ2) is 30.3. The molecule has 111 heavy (non-hydrogen) atoms. The van der Waals surface area contributed by atoms with E-state index in [1.165, 1.54) is 108 Å². The summed E-state index contributed by atoms with van der Waals surface area (Å²) in [6.07, 6.45) is 22.3. The Morgan fingerprint density at radius 2 is 0.982 bits per heavy atom. The molecule has 1 aromatic rings. The van der Waals surface area contributed by atoms with Gasteiger partial charge in [0, 0.05) is 62.0 Å². The topological polar surface area (TPSA) is 257 Å². The Kier molecular flexibility index (Phi) is 22.1. The molecule has 0 unspecified atom stereocenters. The number of morpholine rings is 2. The highest BCUT2D eigenvalue weighted by molar-refractivity contribution is 6.40. The molecule has 22 nitrogen and oxygen atoms in total. The number of fused-ring (bicyclic) bond motifs is 8. The number of non-ortho nitro benzene ring substituents is 1. The zero-order valence-corrected chi connectivity index (χ0v) is 69.6. The summed E-state index contributed by atoms with van der Waals surface area (Å²) in [7, 11) is 0. The molecule has 4 spiro atoms. The molecular formula is C87H131Cl2N5O17. The molecule has 6 heterocycles. The number of nitro groups is 1. The minimum absolute atomic E-state index is 0.0106. The number of halogens is 2. The van der Waals surface area contributed by atoms with Crippen LogP contribution in [0.1, 0.15) is 223 Å². The van der Waals surface area contributed by atoms with E-state index in [0.717, 1.165) is 83.7 Å². The molecule has 18 aliphatic rings. The predicted molar refractivity (Wildman–Crippen MR) is 416 cm³/mol. The van der Waals surface area contributed by atoms with Gasteiger partial charge in [0.1, 0.15) is 19.0 Å². The SMILES string of the molecule is C1CNC1.C[C@@H]1C[C@H](COC(=O)N2CCC2)O[C@H]2[C@H]1[C@@]1(C)CC[C@@]34C[C@@]35CC[C@H](O[C@H]3CN(C(=O)CC6CC6)CCO3)C(C)(C)[C@@H]5CC[C@H]4[C@]1(C)[C@H]2O.C[C@@H]1C[C@H](COC(=O)Oc2ccc([N+](=O)[O-])cc2)O[C@H]2[C@H]1[C@@]1(C)CC[C@@]34C[C@@]35CC[C@H](O[C@H]3CN(C(=O)CC6CC6)CCO3)C(C)(C)[C@@H]5CC[C@H]4[C@]1(C)[C@H]2O.ClCCl. The molecule has 19 rings (SSSR count). The van der Waals surface area contributed by atoms with Gasteiger partial charge >= 0.3 is 12.2 Å². The maximum Gasteiger partial charge on any atom is 0.513 e. The van der Waals surface area contributed by atoms with Crippen LogP contribution in [0, 0.1) is 123 Å². The van der Waals surface area contributed by atoms with Crippen molar-refractivity contribution in [1.29, 1.82) is 0 Å². The van der Waals surface area contributed by atoms with Gasteiger partial charge in [0.15, 0.2) is 12.6 Å². The maximum absolute atomic E-state index is 12.9. The number of ether oxygens (including phenoxy) is 9. The van der Waals surface area contributed by atoms with Crippen LogP contribution >= 0.6 is 23.2 Å². The Bertz CT molecular complexity index is 3600. The van der Waals surface area contributed by atoms with Crippen LogP contribution in [-0.2, 0) is 47.5 Å². The molecule has 0 bridgehead atoms. The zero-order valence-electron chi connectivity index (χ0n) is 68.1. The Hall–Kier alpha value is -3.68. The summed E-state index contributed by atoms with van der Waals surface area (Å²) in [5.41, 5.74) is 0.356. The third kappa shape index (κ3) is 13.5. The first-order valence-electron chi connectivity index (χ1n) is 43.5. The fourth-order valence-corrected chi connectivity index (χ4v) is 28.9. The number of nitrogens with one attached hydrogen (secondary N) is 1. The lowest BCUT2D eigenvalue weighted by atomic mass is 9.41. The average Bonchev–Trinajstić information content (AvgIpc) is 1.46. The quantitative estimate of drug-likeness (QED) is 0.0514. The Balaban J connectivity index is 0.000000156. The molecule has 18 fully saturated rings. The minimum Gasteiger partial charge on any atom is -0.447 e. The molecule has 1 aromatic carbocycles. The van der Waals surface area contributed by atoms with Crippen LogP contribution in [0.25, 0.3) is 0 Å². The number of aliphatic hydroxyl groups is 2. The standard InChI is InChI=1S/C43H60N2O10.C40H62N2O7.C3H7N.CH2Cl2/c1-25-20-29(23-52-38(48)54-28-10-8-27(9-11-28)45(49)50)53-36-35(25)40(4)16-17-43-24-42(43)15-14-32(39(2,3)30(42)12-13-31(43)41(40,5)37(36)47)55-34-22-44(18-19-51-34)33(46)21-26-6-7-26;1-24-19-26(22-47-35(45)41-15-6-16-41)48-33-32(24)37(4)13-14-40-23-39(40)12-11-29(36(2,3)27(39)9-10-28(40)38(37,5)34(33)44)49-31-21-42(17-18-46-31)30(43)20-25-7-8-25;1-2-4-3-1;2-1-3/h8-11,25-26,29-32,34-37,47H,6-7,12-24H2,1-5H3;24-29,31-34,44H,6-23H2,1-5H3;4H,1-3H2;1H2/t25-,29-,30+,31+,32+,34+,35+,36+,37+,40-,41-,42-,43+;24-,26-,27+,28+,29+,31+,32+,33+,34+,37-,38-,39-,40+;;/m11../s1. The molecule has 3 N–H and O–H groups in total. The van der Waals surface area contributed by atoms with Crippen molar-refractivity contribution in [3.63, 3.8) is 0 Å². The number of hydrogen-bond acceptors (Lipinski definition) is 18. The number of nitro benzene ring substituents is 1. The number of carbonyl (C=O) groups is 4. The van der Waals surface area contributed by atoms with E-state index in [1.54, 1.807) is 4.90 Å². The largest absolute Gasteiger partial charge is 0.513 e. The summed E-state index contributed by atoms with van der Waals surface area (Å²) < 4.78 is 56.0. The summed E-state index contributed by atoms with van der Waals surface area (Å²) in [6, 6.07) is 5.29. The highest BCUT2D eigenvalue weighted by Crippen LogP contribution is 2.91. The fourth-order valence-electron chi connectivity index (χ4n) is 28.9. The lowest BCUT2D eigenvalue weighted by Crippen LogP contribution is -2.60. The summed E-state index contributed by atoms with van der Waals surface area (Å²) >= 11 is 9.53. The monoisotopic (exact) mass is 1590 g/mol. The summed E-state index contributed by atoms with van der Waals surface area (Å²) in [5.74, 6) is 5.03. The van der Waals surface area contributed by atoms with Crippen molar-refractivity contribution in [3.8, 4) is 5.75 Å². The van der Waals surface area contributed by atoms with Gasteiger partial charge in [-0.3, -0.25) is 19.7 Å². The lowest BCUT2D eigenvalue weighted by molar-refractivity contribution is -0.384. The predicted octanol–water partition coefficient (Wildman–Crippen LogP) is 14.7. The summed E-state index contributed by atoms with van der Waals surface area (Å²) in [6.45, 7) is 32.0. The van der Waals surface area contributed by atoms with Crippen LogP contribution in [0.15, 0.2) is 24.3 Å². The first-order chi connectivity index (χ1) is 52.9. The smallest absolute Gasteiger partial charge is 0.447 e. The Morgan fingerprint density at radius 1 is 0.568 bits per heavy atom. The van der Waals surface area contributed by atoms with Crippen molar-refractivity contribution < 1.29 is 76.9 Å². The first kappa shape index (κ1) is 81.1. The normalized spacial score (nSPS) is 45.9. The fraction of sp³-hybridized carbons (Fsp3) is 0.885. The lowest BCUT2D eigenvalue weighted by Gasteiger charge is -2.64. The van der Waals surface area contributed by atoms with Gasteiger partial charge in [0.25, 0.3) is 5.69 Å². The number of carbonyl (C=O) groups excluding carboxylic acids is 4. The van der Waals surface area contributed by atoms with Crippen molar-refractivity contribution in [2.45, 2.75) is 285 Å².